The van der Waals surface area contributed by atoms with Gasteiger partial charge < -0.3 is 29.7 Å². The molecule has 29 heavy (non-hydrogen) atoms. The molecule has 1 aliphatic rings. The molecule has 1 aromatic heterocycles. The zero-order valence-corrected chi connectivity index (χ0v) is 17.9. The highest BCUT2D eigenvalue weighted by atomic mass is 79.9. The fraction of sp³-hybridized carbons (Fsp3) is 0.421. The van der Waals surface area contributed by atoms with Crippen LogP contribution in [0, 0.1) is 0 Å². The number of ether oxygens (including phenoxy) is 3. The smallest absolute Gasteiger partial charge is 0.229 e. The number of anilines is 3. The van der Waals surface area contributed by atoms with Crippen molar-refractivity contribution in [3.05, 3.63) is 34.4 Å². The first kappa shape index (κ1) is 21.3. The number of nitrogens with zero attached hydrogens (tertiary/aromatic N) is 3. The van der Waals surface area contributed by atoms with Gasteiger partial charge in [-0.15, -0.1) is 0 Å². The number of carbonyl (C=O) groups excluding carboxylic acids is 1. The van der Waals surface area contributed by atoms with E-state index in [1.807, 2.05) is 18.2 Å². The van der Waals surface area contributed by atoms with Crippen LogP contribution in [0.15, 0.2) is 28.9 Å². The summed E-state index contributed by atoms with van der Waals surface area (Å²) in [6.07, 6.45) is 2.35. The maximum Gasteiger partial charge on any atom is 0.229 e. The van der Waals surface area contributed by atoms with Crippen LogP contribution < -0.4 is 15.4 Å². The fourth-order valence-electron chi connectivity index (χ4n) is 2.92. The molecule has 2 N–H and O–H groups in total. The van der Waals surface area contributed by atoms with Crippen LogP contribution in [-0.4, -0.2) is 68.3 Å². The van der Waals surface area contributed by atoms with Gasteiger partial charge in [0.15, 0.2) is 0 Å². The number of benzene rings is 1. The molecular weight excluding hydrogens is 442 g/mol. The van der Waals surface area contributed by atoms with Gasteiger partial charge in [-0.05, 0) is 33.6 Å². The van der Waals surface area contributed by atoms with Crippen molar-refractivity contribution in [1.82, 2.24) is 14.9 Å². The van der Waals surface area contributed by atoms with Crippen LogP contribution in [-0.2, 0) is 14.3 Å². The normalized spacial score (nSPS) is 16.4. The molecular formula is C19H24BrN5O4. The molecule has 0 spiro atoms. The van der Waals surface area contributed by atoms with E-state index in [1.165, 1.54) is 0 Å². The summed E-state index contributed by atoms with van der Waals surface area (Å²) < 4.78 is 17.2. The molecule has 1 atom stereocenters. The Morgan fingerprint density at radius 2 is 2.28 bits per heavy atom. The molecule has 156 valence electrons. The molecule has 2 heterocycles. The molecule has 1 saturated heterocycles. The van der Waals surface area contributed by atoms with E-state index in [-0.39, 0.29) is 6.10 Å². The molecule has 0 saturated carbocycles. The number of carbonyl (C=O) groups is 1. The third kappa shape index (κ3) is 5.55. The van der Waals surface area contributed by atoms with E-state index in [0.717, 1.165) is 22.1 Å². The highest BCUT2D eigenvalue weighted by Gasteiger charge is 2.22. The van der Waals surface area contributed by atoms with Gasteiger partial charge in [0.2, 0.25) is 12.4 Å². The van der Waals surface area contributed by atoms with Crippen LogP contribution in [0.3, 0.4) is 0 Å². The van der Waals surface area contributed by atoms with Gasteiger partial charge >= 0.3 is 0 Å². The summed E-state index contributed by atoms with van der Waals surface area (Å²) in [6, 6.07) is 5.74. The quantitative estimate of drug-likeness (QED) is 0.430. The van der Waals surface area contributed by atoms with Crippen LogP contribution in [0.2, 0.25) is 0 Å². The van der Waals surface area contributed by atoms with Crippen molar-refractivity contribution in [2.24, 2.45) is 0 Å². The summed E-state index contributed by atoms with van der Waals surface area (Å²) >= 11 is 3.44. The van der Waals surface area contributed by atoms with Crippen molar-refractivity contribution < 1.29 is 19.0 Å². The van der Waals surface area contributed by atoms with E-state index in [0.29, 0.717) is 50.4 Å². The zero-order valence-electron chi connectivity index (χ0n) is 16.4. The first-order chi connectivity index (χ1) is 14.1. The number of amides is 1. The van der Waals surface area contributed by atoms with Crippen LogP contribution in [0.25, 0.3) is 0 Å². The maximum atomic E-state index is 11.1. The minimum Gasteiger partial charge on any atom is -0.495 e. The van der Waals surface area contributed by atoms with Crippen molar-refractivity contribution in [1.29, 1.82) is 0 Å². The first-order valence-corrected chi connectivity index (χ1v) is 9.95. The summed E-state index contributed by atoms with van der Waals surface area (Å²) in [5, 5.41) is 6.37. The molecule has 0 aliphatic carbocycles. The predicted octanol–water partition coefficient (Wildman–Crippen LogP) is 2.58. The summed E-state index contributed by atoms with van der Waals surface area (Å²) in [5.41, 5.74) is 1.67. The van der Waals surface area contributed by atoms with Crippen molar-refractivity contribution in [3.8, 4) is 5.75 Å². The predicted molar refractivity (Wildman–Crippen MR) is 113 cm³/mol. The zero-order chi connectivity index (χ0) is 20.6. The molecule has 10 heteroatoms. The maximum absolute atomic E-state index is 11.1. The van der Waals surface area contributed by atoms with Gasteiger partial charge in [0.1, 0.15) is 17.7 Å². The highest BCUT2D eigenvalue weighted by Crippen LogP contribution is 2.32. The van der Waals surface area contributed by atoms with Gasteiger partial charge in [-0.2, -0.15) is 4.98 Å². The van der Waals surface area contributed by atoms with E-state index >= 15 is 0 Å². The highest BCUT2D eigenvalue weighted by molar-refractivity contribution is 9.10. The molecule has 1 amide bonds. The number of methoxy groups -OCH3 is 2. The Morgan fingerprint density at radius 3 is 3.03 bits per heavy atom. The lowest BCUT2D eigenvalue weighted by Gasteiger charge is -2.30. The third-order valence-electron chi connectivity index (χ3n) is 4.43. The standard InChI is InChI=1S/C19H24BrN5O4/c1-27-7-5-21-18-14(20)10-22-19(24-18)23-15-4-3-13(9-16(15)28-2)17-11-25(12-26)6-8-29-17/h3-4,9-10,12,17H,5-8,11H2,1-2H3,(H2,21,22,23,24). The minimum atomic E-state index is -0.183. The Balaban J connectivity index is 1.75. The molecule has 0 bridgehead atoms. The number of hydrogen-bond donors (Lipinski definition) is 2. The van der Waals surface area contributed by atoms with E-state index in [9.17, 15) is 4.79 Å². The van der Waals surface area contributed by atoms with Gasteiger partial charge in [0.25, 0.3) is 0 Å². The largest absolute Gasteiger partial charge is 0.495 e. The Hall–Kier alpha value is -2.43. The van der Waals surface area contributed by atoms with E-state index in [4.69, 9.17) is 14.2 Å². The van der Waals surface area contributed by atoms with E-state index in [2.05, 4.69) is 36.5 Å². The lowest BCUT2D eigenvalue weighted by atomic mass is 10.1. The average molecular weight is 466 g/mol. The number of hydrogen-bond acceptors (Lipinski definition) is 8. The van der Waals surface area contributed by atoms with Gasteiger partial charge in [0.05, 0.1) is 37.0 Å². The number of aromatic nitrogens is 2. The fourth-order valence-corrected chi connectivity index (χ4v) is 3.25. The summed E-state index contributed by atoms with van der Waals surface area (Å²) in [6.45, 7) is 2.84. The average Bonchev–Trinajstić information content (AvgIpc) is 2.76. The first-order valence-electron chi connectivity index (χ1n) is 9.16. The number of halogens is 1. The molecule has 3 rings (SSSR count). The summed E-state index contributed by atoms with van der Waals surface area (Å²) in [7, 11) is 3.25. The van der Waals surface area contributed by atoms with Gasteiger partial charge in [-0.3, -0.25) is 4.79 Å². The van der Waals surface area contributed by atoms with Crippen LogP contribution >= 0.6 is 15.9 Å². The monoisotopic (exact) mass is 465 g/mol. The van der Waals surface area contributed by atoms with Gasteiger partial charge in [-0.25, -0.2) is 4.98 Å². The third-order valence-corrected chi connectivity index (χ3v) is 5.01. The molecule has 9 nitrogen and oxygen atoms in total. The Morgan fingerprint density at radius 1 is 1.41 bits per heavy atom. The SMILES string of the molecule is COCCNc1nc(Nc2ccc(C3CN(C=O)CCO3)cc2OC)ncc1Br. The second-order valence-corrected chi connectivity index (χ2v) is 7.21. The van der Waals surface area contributed by atoms with Crippen LogP contribution in [0.5, 0.6) is 5.75 Å². The van der Waals surface area contributed by atoms with Crippen molar-refractivity contribution in [2.45, 2.75) is 6.10 Å². The topological polar surface area (TPSA) is 97.8 Å². The summed E-state index contributed by atoms with van der Waals surface area (Å²) in [5.74, 6) is 1.73. The van der Waals surface area contributed by atoms with Crippen molar-refractivity contribution in [3.63, 3.8) is 0 Å². The van der Waals surface area contributed by atoms with Crippen molar-refractivity contribution >= 4 is 39.8 Å². The molecule has 1 fully saturated rings. The van der Waals surface area contributed by atoms with Crippen molar-refractivity contribution in [2.75, 3.05) is 57.7 Å². The minimum absolute atomic E-state index is 0.183. The Labute approximate surface area is 177 Å². The lowest BCUT2D eigenvalue weighted by molar-refractivity contribution is -0.125. The van der Waals surface area contributed by atoms with E-state index < -0.39 is 0 Å². The van der Waals surface area contributed by atoms with Crippen LogP contribution in [0.1, 0.15) is 11.7 Å². The molecule has 2 aromatic rings. The molecule has 1 aromatic carbocycles. The molecule has 1 aliphatic heterocycles. The molecule has 1 unspecified atom stereocenters. The summed E-state index contributed by atoms with van der Waals surface area (Å²) in [4.78, 5) is 21.6. The Bertz CT molecular complexity index is 838. The lowest BCUT2D eigenvalue weighted by Crippen LogP contribution is -2.37. The number of rotatable bonds is 9. The second-order valence-electron chi connectivity index (χ2n) is 6.35. The van der Waals surface area contributed by atoms with E-state index in [1.54, 1.807) is 25.3 Å². The second kappa shape index (κ2) is 10.4. The Kier molecular flexibility index (Phi) is 7.62. The van der Waals surface area contributed by atoms with Crippen LogP contribution in [0.4, 0.5) is 17.5 Å². The number of morpholine rings is 1. The molecule has 0 radical (unpaired) electrons. The van der Waals surface area contributed by atoms with Gasteiger partial charge in [-0.1, -0.05) is 6.07 Å². The number of nitrogens with one attached hydrogen (secondary N) is 2. The van der Waals surface area contributed by atoms with Gasteiger partial charge in [0, 0.05) is 26.4 Å².